The zero-order chi connectivity index (χ0) is 18.0. The second-order valence-electron chi connectivity index (χ2n) is 7.00. The van der Waals surface area contributed by atoms with Crippen molar-refractivity contribution in [3.63, 3.8) is 0 Å². The van der Waals surface area contributed by atoms with Crippen molar-refractivity contribution in [2.75, 3.05) is 19.6 Å². The maximum Gasteiger partial charge on any atom is 0.317 e. The van der Waals surface area contributed by atoms with Crippen LogP contribution in [0.25, 0.3) is 0 Å². The molecule has 1 saturated heterocycles. The van der Waals surface area contributed by atoms with Gasteiger partial charge in [0.25, 0.3) is 0 Å². The molecule has 1 aliphatic heterocycles. The first-order chi connectivity index (χ1) is 11.9. The first-order valence-corrected chi connectivity index (χ1v) is 8.59. The maximum absolute atomic E-state index is 12.9. The lowest BCUT2D eigenvalue weighted by Gasteiger charge is -2.24. The van der Waals surface area contributed by atoms with Crippen LogP contribution in [0.1, 0.15) is 26.2 Å². The zero-order valence-electron chi connectivity index (χ0n) is 14.2. The largest absolute Gasteiger partial charge is 0.489 e. The van der Waals surface area contributed by atoms with Crippen molar-refractivity contribution in [3.8, 4) is 5.75 Å². The summed E-state index contributed by atoms with van der Waals surface area (Å²) in [6, 6.07) is 5.44. The monoisotopic (exact) mass is 350 g/mol. The molecule has 1 aromatic rings. The number of nitrogens with one attached hydrogen (secondary N) is 1. The Balaban J connectivity index is 1.50. The van der Waals surface area contributed by atoms with Crippen LogP contribution >= 0.6 is 0 Å². The minimum absolute atomic E-state index is 0.0450. The number of halogens is 1. The first kappa shape index (κ1) is 17.5. The summed E-state index contributed by atoms with van der Waals surface area (Å²) in [5.74, 6) is -0.550. The van der Waals surface area contributed by atoms with Gasteiger partial charge in [0.15, 0.2) is 0 Å². The summed E-state index contributed by atoms with van der Waals surface area (Å²) < 4.78 is 18.5. The molecular formula is C18H23FN2O4. The van der Waals surface area contributed by atoms with Gasteiger partial charge in [-0.25, -0.2) is 9.18 Å². The van der Waals surface area contributed by atoms with Crippen LogP contribution < -0.4 is 10.1 Å². The normalized spacial score (nSPS) is 26.2. The Morgan fingerprint density at radius 1 is 1.44 bits per heavy atom. The highest BCUT2D eigenvalue weighted by Crippen LogP contribution is 2.48. The van der Waals surface area contributed by atoms with E-state index in [1.807, 2.05) is 0 Å². The van der Waals surface area contributed by atoms with E-state index in [1.165, 1.54) is 24.3 Å². The van der Waals surface area contributed by atoms with Crippen LogP contribution in [0.5, 0.6) is 5.75 Å². The predicted octanol–water partition coefficient (Wildman–Crippen LogP) is 2.49. The number of benzene rings is 1. The number of carbonyl (C=O) groups excluding carboxylic acids is 1. The highest BCUT2D eigenvalue weighted by molar-refractivity contribution is 5.80. The molecule has 2 fully saturated rings. The fraction of sp³-hybridized carbons (Fsp3) is 0.556. The number of ether oxygens (including phenoxy) is 1. The van der Waals surface area contributed by atoms with Crippen molar-refractivity contribution in [3.05, 3.63) is 30.1 Å². The van der Waals surface area contributed by atoms with Gasteiger partial charge < -0.3 is 20.1 Å². The minimum atomic E-state index is -0.793. The number of fused-ring (bicyclic) bond motifs is 1. The summed E-state index contributed by atoms with van der Waals surface area (Å²) in [5, 5.41) is 12.4. The van der Waals surface area contributed by atoms with Crippen LogP contribution in [-0.2, 0) is 4.79 Å². The molecule has 25 heavy (non-hydrogen) atoms. The zero-order valence-corrected chi connectivity index (χ0v) is 14.2. The highest BCUT2D eigenvalue weighted by atomic mass is 19.1. The topological polar surface area (TPSA) is 78.9 Å². The average Bonchev–Trinajstić information content (AvgIpc) is 3.13. The molecule has 1 unspecified atom stereocenters. The molecular weight excluding hydrogens is 327 g/mol. The molecule has 2 N–H and O–H groups in total. The van der Waals surface area contributed by atoms with E-state index in [2.05, 4.69) is 5.32 Å². The molecule has 1 aliphatic carbocycles. The Kier molecular flexibility index (Phi) is 4.83. The number of carboxylic acid groups (broad SMARTS) is 1. The summed E-state index contributed by atoms with van der Waals surface area (Å²) in [6.45, 7) is 2.86. The van der Waals surface area contributed by atoms with Crippen LogP contribution in [0.4, 0.5) is 9.18 Å². The Morgan fingerprint density at radius 2 is 2.16 bits per heavy atom. The van der Waals surface area contributed by atoms with Crippen LogP contribution in [0.15, 0.2) is 24.3 Å². The van der Waals surface area contributed by atoms with Crippen LogP contribution in [0.2, 0.25) is 0 Å². The summed E-state index contributed by atoms with van der Waals surface area (Å²) >= 11 is 0. The van der Waals surface area contributed by atoms with Gasteiger partial charge in [-0.2, -0.15) is 0 Å². The molecule has 1 heterocycles. The van der Waals surface area contributed by atoms with E-state index in [9.17, 15) is 19.1 Å². The standard InChI is InChI=1S/C18H23FN2O4/c1-12(25-15-6-4-14(19)5-7-15)9-20-17(24)21-10-13-3-2-8-18(13,11-21)16(22)23/h4-7,12-13H,2-3,8-11H2,1H3,(H,20,24)(H,22,23)/t12?,13-,18+/m0/s1. The lowest BCUT2D eigenvalue weighted by molar-refractivity contribution is -0.149. The van der Waals surface area contributed by atoms with E-state index in [4.69, 9.17) is 4.74 Å². The third-order valence-electron chi connectivity index (χ3n) is 5.28. The number of rotatable bonds is 5. The van der Waals surface area contributed by atoms with Gasteiger partial charge in [0.1, 0.15) is 17.7 Å². The number of aliphatic carboxylic acids is 1. The Morgan fingerprint density at radius 3 is 2.80 bits per heavy atom. The predicted molar refractivity (Wildman–Crippen MR) is 88.9 cm³/mol. The van der Waals surface area contributed by atoms with E-state index in [1.54, 1.807) is 11.8 Å². The Bertz CT molecular complexity index is 651. The number of urea groups is 1. The number of carboxylic acids is 1. The molecule has 0 spiro atoms. The summed E-state index contributed by atoms with van der Waals surface area (Å²) in [6.07, 6.45) is 2.13. The van der Waals surface area contributed by atoms with Crippen molar-refractivity contribution in [1.82, 2.24) is 10.2 Å². The van der Waals surface area contributed by atoms with Crippen molar-refractivity contribution in [2.24, 2.45) is 11.3 Å². The van der Waals surface area contributed by atoms with Crippen LogP contribution in [0, 0.1) is 17.2 Å². The summed E-state index contributed by atoms with van der Waals surface area (Å²) in [4.78, 5) is 25.6. The smallest absolute Gasteiger partial charge is 0.317 e. The number of hydrogen-bond acceptors (Lipinski definition) is 3. The second-order valence-corrected chi connectivity index (χ2v) is 7.00. The van der Waals surface area contributed by atoms with E-state index in [0.717, 1.165) is 12.8 Å². The van der Waals surface area contributed by atoms with Crippen LogP contribution in [-0.4, -0.2) is 47.7 Å². The van der Waals surface area contributed by atoms with E-state index in [0.29, 0.717) is 18.7 Å². The fourth-order valence-corrected chi connectivity index (χ4v) is 3.92. The third-order valence-corrected chi connectivity index (χ3v) is 5.28. The number of hydrogen-bond donors (Lipinski definition) is 2. The number of amides is 2. The van der Waals surface area contributed by atoms with Crippen molar-refractivity contribution < 1.29 is 23.8 Å². The molecule has 6 nitrogen and oxygen atoms in total. The van der Waals surface area contributed by atoms with Gasteiger partial charge in [-0.1, -0.05) is 6.42 Å². The molecule has 3 atom stereocenters. The highest BCUT2D eigenvalue weighted by Gasteiger charge is 2.55. The molecule has 1 saturated carbocycles. The third kappa shape index (κ3) is 3.55. The average molecular weight is 350 g/mol. The number of carbonyl (C=O) groups is 2. The van der Waals surface area contributed by atoms with Gasteiger partial charge in [0.05, 0.1) is 12.0 Å². The molecule has 0 aromatic heterocycles. The van der Waals surface area contributed by atoms with Crippen molar-refractivity contribution in [2.45, 2.75) is 32.3 Å². The Labute approximate surface area is 146 Å². The maximum atomic E-state index is 12.9. The molecule has 1 aromatic carbocycles. The summed E-state index contributed by atoms with van der Waals surface area (Å²) in [7, 11) is 0. The summed E-state index contributed by atoms with van der Waals surface area (Å²) in [5.41, 5.74) is -0.770. The van der Waals surface area contributed by atoms with E-state index < -0.39 is 11.4 Å². The molecule has 7 heteroatoms. The van der Waals surface area contributed by atoms with Gasteiger partial charge in [0.2, 0.25) is 0 Å². The van der Waals surface area contributed by atoms with E-state index in [-0.39, 0.29) is 37.0 Å². The fourth-order valence-electron chi connectivity index (χ4n) is 3.92. The lowest BCUT2D eigenvalue weighted by Crippen LogP contribution is -2.44. The number of likely N-dealkylation sites (tertiary alicyclic amines) is 1. The van der Waals surface area contributed by atoms with Gasteiger partial charge in [-0.05, 0) is 49.9 Å². The Hall–Kier alpha value is -2.31. The van der Waals surface area contributed by atoms with Gasteiger partial charge in [-0.3, -0.25) is 4.79 Å². The van der Waals surface area contributed by atoms with Gasteiger partial charge in [0, 0.05) is 13.1 Å². The lowest BCUT2D eigenvalue weighted by atomic mass is 9.81. The van der Waals surface area contributed by atoms with Crippen LogP contribution in [0.3, 0.4) is 0 Å². The minimum Gasteiger partial charge on any atom is -0.489 e. The molecule has 2 aliphatic rings. The second kappa shape index (κ2) is 6.90. The molecule has 0 radical (unpaired) electrons. The van der Waals surface area contributed by atoms with Crippen molar-refractivity contribution >= 4 is 12.0 Å². The first-order valence-electron chi connectivity index (χ1n) is 8.59. The molecule has 0 bridgehead atoms. The van der Waals surface area contributed by atoms with Gasteiger partial charge >= 0.3 is 12.0 Å². The molecule has 2 amide bonds. The molecule has 136 valence electrons. The van der Waals surface area contributed by atoms with E-state index >= 15 is 0 Å². The number of nitrogens with zero attached hydrogens (tertiary/aromatic N) is 1. The van der Waals surface area contributed by atoms with Gasteiger partial charge in [-0.15, -0.1) is 0 Å². The SMILES string of the molecule is CC(CNC(=O)N1C[C@@H]2CCC[C@@]2(C(=O)O)C1)Oc1ccc(F)cc1. The van der Waals surface area contributed by atoms with Crippen molar-refractivity contribution in [1.29, 1.82) is 0 Å². The quantitative estimate of drug-likeness (QED) is 0.855. The molecule has 3 rings (SSSR count).